The Morgan fingerprint density at radius 1 is 0.720 bits per heavy atom. The molecule has 2 N–H and O–H groups in total. The summed E-state index contributed by atoms with van der Waals surface area (Å²) in [7, 11) is 0. The molecule has 0 aliphatic carbocycles. The maximum atomic E-state index is 5.97. The van der Waals surface area contributed by atoms with Crippen molar-refractivity contribution >= 4 is 6.21 Å². The highest BCUT2D eigenvalue weighted by molar-refractivity contribution is 5.80. The van der Waals surface area contributed by atoms with E-state index in [1.54, 1.807) is 6.21 Å². The Labute approximate surface area is 147 Å². The summed E-state index contributed by atoms with van der Waals surface area (Å²) in [5, 5.41) is 3.57. The lowest BCUT2D eigenvalue weighted by molar-refractivity contribution is 0.256. The Balaban J connectivity index is 1.76. The molecule has 0 aliphatic rings. The molecule has 0 spiro atoms. The Bertz CT molecular complexity index is 818. The minimum atomic E-state index is 0.464. The predicted molar refractivity (Wildman–Crippen MR) is 99.8 cm³/mol. The van der Waals surface area contributed by atoms with Crippen molar-refractivity contribution in [2.75, 3.05) is 0 Å². The average Bonchev–Trinajstić information content (AvgIpc) is 2.67. The molecule has 25 heavy (non-hydrogen) atoms. The van der Waals surface area contributed by atoms with Gasteiger partial charge in [0.15, 0.2) is 11.5 Å². The molecule has 0 saturated heterocycles. The Hall–Kier alpha value is -3.27. The predicted octanol–water partition coefficient (Wildman–Crippen LogP) is 4.14. The van der Waals surface area contributed by atoms with Gasteiger partial charge in [-0.3, -0.25) is 0 Å². The van der Waals surface area contributed by atoms with Gasteiger partial charge in [-0.05, 0) is 34.9 Å². The molecule has 0 atom stereocenters. The van der Waals surface area contributed by atoms with Crippen LogP contribution in [0.3, 0.4) is 0 Å². The van der Waals surface area contributed by atoms with E-state index < -0.39 is 0 Å². The molecular formula is C21H20N2O2. The number of nitrogens with zero attached hydrogens (tertiary/aromatic N) is 1. The third-order valence-corrected chi connectivity index (χ3v) is 3.67. The fourth-order valence-corrected chi connectivity index (χ4v) is 2.39. The van der Waals surface area contributed by atoms with Gasteiger partial charge >= 0.3 is 0 Å². The number of ether oxygens (including phenoxy) is 2. The van der Waals surface area contributed by atoms with E-state index in [1.165, 1.54) is 0 Å². The van der Waals surface area contributed by atoms with Gasteiger partial charge in [-0.2, -0.15) is 5.10 Å². The molecule has 0 aliphatic heterocycles. The van der Waals surface area contributed by atoms with E-state index in [0.717, 1.165) is 16.7 Å². The van der Waals surface area contributed by atoms with Crippen LogP contribution in [0.25, 0.3) is 0 Å². The van der Waals surface area contributed by atoms with E-state index in [4.69, 9.17) is 15.3 Å². The van der Waals surface area contributed by atoms with Crippen molar-refractivity contribution in [3.8, 4) is 11.5 Å². The summed E-state index contributed by atoms with van der Waals surface area (Å²) in [5.41, 5.74) is 3.05. The van der Waals surface area contributed by atoms with Gasteiger partial charge < -0.3 is 15.3 Å². The molecule has 4 nitrogen and oxygen atoms in total. The normalized spacial score (nSPS) is 10.7. The van der Waals surface area contributed by atoms with Gasteiger partial charge in [-0.15, -0.1) is 0 Å². The molecule has 4 heteroatoms. The zero-order chi connectivity index (χ0) is 17.3. The molecule has 0 unspecified atom stereocenters. The minimum Gasteiger partial charge on any atom is -0.485 e. The van der Waals surface area contributed by atoms with Crippen LogP contribution in [0.5, 0.6) is 11.5 Å². The molecule has 3 aromatic carbocycles. The van der Waals surface area contributed by atoms with Crippen LogP contribution in [0, 0.1) is 0 Å². The van der Waals surface area contributed by atoms with Crippen molar-refractivity contribution < 1.29 is 9.47 Å². The van der Waals surface area contributed by atoms with E-state index in [-0.39, 0.29) is 0 Å². The summed E-state index contributed by atoms with van der Waals surface area (Å²) < 4.78 is 11.9. The summed E-state index contributed by atoms with van der Waals surface area (Å²) in [6.07, 6.45) is 1.58. The van der Waals surface area contributed by atoms with Crippen LogP contribution >= 0.6 is 0 Å². The molecule has 0 aromatic heterocycles. The SMILES string of the molecule is N/N=C\c1ccc(OCc2ccccc2)c(OCc2ccccc2)c1. The van der Waals surface area contributed by atoms with Crippen LogP contribution in [0.1, 0.15) is 16.7 Å². The quantitative estimate of drug-likeness (QED) is 0.402. The third-order valence-electron chi connectivity index (χ3n) is 3.67. The van der Waals surface area contributed by atoms with Crippen LogP contribution in [0.15, 0.2) is 84.0 Å². The minimum absolute atomic E-state index is 0.464. The largest absolute Gasteiger partial charge is 0.485 e. The van der Waals surface area contributed by atoms with Crippen LogP contribution < -0.4 is 15.3 Å². The molecule has 0 fully saturated rings. The number of rotatable bonds is 7. The summed E-state index contributed by atoms with van der Waals surface area (Å²) in [5.74, 6) is 6.60. The second-order valence-corrected chi connectivity index (χ2v) is 5.53. The molecule has 3 rings (SSSR count). The van der Waals surface area contributed by atoms with E-state index in [2.05, 4.69) is 5.10 Å². The van der Waals surface area contributed by atoms with Gasteiger partial charge in [-0.25, -0.2) is 0 Å². The topological polar surface area (TPSA) is 56.8 Å². The maximum absolute atomic E-state index is 5.97. The van der Waals surface area contributed by atoms with Crippen molar-refractivity contribution in [2.45, 2.75) is 13.2 Å². The lowest BCUT2D eigenvalue weighted by Crippen LogP contribution is -2.01. The number of hydrogen-bond acceptors (Lipinski definition) is 4. The highest BCUT2D eigenvalue weighted by Crippen LogP contribution is 2.29. The summed E-state index contributed by atoms with van der Waals surface area (Å²) in [6.45, 7) is 0.943. The standard InChI is InChI=1S/C21H20N2O2/c22-23-14-19-11-12-20(24-15-17-7-3-1-4-8-17)21(13-19)25-16-18-9-5-2-6-10-18/h1-14H,15-16,22H2/b23-14-. The second kappa shape index (κ2) is 8.55. The molecule has 0 saturated carbocycles. The van der Waals surface area contributed by atoms with Crippen molar-refractivity contribution in [1.29, 1.82) is 0 Å². The first-order valence-electron chi connectivity index (χ1n) is 8.06. The maximum Gasteiger partial charge on any atom is 0.162 e. The van der Waals surface area contributed by atoms with Crippen LogP contribution in [-0.2, 0) is 13.2 Å². The zero-order valence-electron chi connectivity index (χ0n) is 13.8. The summed E-state index contributed by atoms with van der Waals surface area (Å²) in [6, 6.07) is 25.7. The van der Waals surface area contributed by atoms with Crippen molar-refractivity contribution in [3.05, 3.63) is 95.6 Å². The number of nitrogens with two attached hydrogens (primary N) is 1. The average molecular weight is 332 g/mol. The highest BCUT2D eigenvalue weighted by Gasteiger charge is 2.07. The molecule has 0 bridgehead atoms. The second-order valence-electron chi connectivity index (χ2n) is 5.53. The summed E-state index contributed by atoms with van der Waals surface area (Å²) >= 11 is 0. The molecule has 0 radical (unpaired) electrons. The van der Waals surface area contributed by atoms with Crippen molar-refractivity contribution in [3.63, 3.8) is 0 Å². The molecule has 0 amide bonds. The Morgan fingerprint density at radius 2 is 1.28 bits per heavy atom. The van der Waals surface area contributed by atoms with E-state index in [9.17, 15) is 0 Å². The first kappa shape index (κ1) is 16.6. The third kappa shape index (κ3) is 4.85. The fraction of sp³-hybridized carbons (Fsp3) is 0.0952. The lowest BCUT2D eigenvalue weighted by atomic mass is 10.2. The molecule has 3 aromatic rings. The van der Waals surface area contributed by atoms with E-state index in [0.29, 0.717) is 24.7 Å². The lowest BCUT2D eigenvalue weighted by Gasteiger charge is -2.14. The van der Waals surface area contributed by atoms with Gasteiger partial charge in [0, 0.05) is 0 Å². The highest BCUT2D eigenvalue weighted by atomic mass is 16.5. The zero-order valence-corrected chi connectivity index (χ0v) is 13.8. The number of hydrogen-bond donors (Lipinski definition) is 1. The van der Waals surface area contributed by atoms with Crippen LogP contribution in [0.2, 0.25) is 0 Å². The van der Waals surface area contributed by atoms with E-state index >= 15 is 0 Å². The number of benzene rings is 3. The van der Waals surface area contributed by atoms with Crippen LogP contribution in [0.4, 0.5) is 0 Å². The fourth-order valence-electron chi connectivity index (χ4n) is 2.39. The van der Waals surface area contributed by atoms with Gasteiger partial charge in [0.25, 0.3) is 0 Å². The monoisotopic (exact) mass is 332 g/mol. The van der Waals surface area contributed by atoms with Crippen molar-refractivity contribution in [1.82, 2.24) is 0 Å². The Morgan fingerprint density at radius 3 is 1.84 bits per heavy atom. The summed E-state index contributed by atoms with van der Waals surface area (Å²) in [4.78, 5) is 0. The van der Waals surface area contributed by atoms with Gasteiger partial charge in [0.2, 0.25) is 0 Å². The van der Waals surface area contributed by atoms with E-state index in [1.807, 2.05) is 78.9 Å². The van der Waals surface area contributed by atoms with Gasteiger partial charge in [-0.1, -0.05) is 60.7 Å². The van der Waals surface area contributed by atoms with Crippen LogP contribution in [-0.4, -0.2) is 6.21 Å². The van der Waals surface area contributed by atoms with Gasteiger partial charge in [0.1, 0.15) is 13.2 Å². The van der Waals surface area contributed by atoms with Crippen molar-refractivity contribution in [2.24, 2.45) is 10.9 Å². The molecular weight excluding hydrogens is 312 g/mol. The number of hydrazone groups is 1. The first-order valence-corrected chi connectivity index (χ1v) is 8.06. The molecule has 0 heterocycles. The molecule has 126 valence electrons. The Kier molecular flexibility index (Phi) is 5.67. The first-order chi connectivity index (χ1) is 12.3. The smallest absolute Gasteiger partial charge is 0.162 e. The van der Waals surface area contributed by atoms with Gasteiger partial charge in [0.05, 0.1) is 6.21 Å².